The van der Waals surface area contributed by atoms with Crippen LogP contribution in [0.1, 0.15) is 23.1 Å². The van der Waals surface area contributed by atoms with Crippen LogP contribution in [0.5, 0.6) is 11.5 Å². The number of nitrogens with zero attached hydrogens (tertiary/aromatic N) is 2. The molecule has 0 bridgehead atoms. The maximum Gasteiger partial charge on any atom is 0.133 e. The zero-order chi connectivity index (χ0) is 16.1. The van der Waals surface area contributed by atoms with Gasteiger partial charge in [0.05, 0.1) is 26.0 Å². The lowest BCUT2D eigenvalue weighted by Crippen LogP contribution is -2.24. The van der Waals surface area contributed by atoms with Gasteiger partial charge in [-0.25, -0.2) is 0 Å². The van der Waals surface area contributed by atoms with Crippen molar-refractivity contribution in [3.63, 3.8) is 0 Å². The molecule has 120 valence electrons. The molecular formula is C16H22N2O4. The third-order valence-electron chi connectivity index (χ3n) is 3.39. The topological polar surface area (TPSA) is 68.0 Å². The van der Waals surface area contributed by atoms with Crippen LogP contribution in [0.4, 0.5) is 0 Å². The minimum absolute atomic E-state index is 0.440. The molecule has 1 atom stereocenters. The van der Waals surface area contributed by atoms with Gasteiger partial charge >= 0.3 is 0 Å². The smallest absolute Gasteiger partial charge is 0.133 e. The van der Waals surface area contributed by atoms with Crippen molar-refractivity contribution >= 4 is 0 Å². The lowest BCUT2D eigenvalue weighted by molar-refractivity contribution is 0.119. The van der Waals surface area contributed by atoms with Crippen molar-refractivity contribution in [2.24, 2.45) is 0 Å². The first-order valence-electron chi connectivity index (χ1n) is 7.04. The SMILES string of the molecule is COc1ccc(OC)c(C(O)CN(C)Cc2cc(C)on2)c1. The summed E-state index contributed by atoms with van der Waals surface area (Å²) < 4.78 is 15.6. The molecule has 1 aromatic carbocycles. The summed E-state index contributed by atoms with van der Waals surface area (Å²) in [7, 11) is 5.09. The summed E-state index contributed by atoms with van der Waals surface area (Å²) in [6.07, 6.45) is -0.692. The Hall–Kier alpha value is -2.05. The molecule has 2 aromatic rings. The Morgan fingerprint density at radius 1 is 1.27 bits per heavy atom. The molecule has 0 saturated heterocycles. The van der Waals surface area contributed by atoms with Crippen molar-refractivity contribution in [1.29, 1.82) is 0 Å². The number of ether oxygens (including phenoxy) is 2. The number of aryl methyl sites for hydroxylation is 1. The van der Waals surface area contributed by atoms with Gasteiger partial charge in [-0.05, 0) is 32.2 Å². The largest absolute Gasteiger partial charge is 0.497 e. The third-order valence-corrected chi connectivity index (χ3v) is 3.39. The number of benzene rings is 1. The number of aliphatic hydroxyl groups is 1. The van der Waals surface area contributed by atoms with Crippen LogP contribution in [0.2, 0.25) is 0 Å². The van der Waals surface area contributed by atoms with E-state index in [2.05, 4.69) is 5.16 Å². The normalized spacial score (nSPS) is 12.5. The predicted octanol–water partition coefficient (Wildman–Crippen LogP) is 2.17. The molecule has 6 heteroatoms. The fourth-order valence-electron chi connectivity index (χ4n) is 2.33. The van der Waals surface area contributed by atoms with Crippen molar-refractivity contribution in [1.82, 2.24) is 10.1 Å². The van der Waals surface area contributed by atoms with Crippen molar-refractivity contribution in [2.45, 2.75) is 19.6 Å². The van der Waals surface area contributed by atoms with Gasteiger partial charge in [0.25, 0.3) is 0 Å². The first kappa shape index (κ1) is 16.3. The summed E-state index contributed by atoms with van der Waals surface area (Å²) in [4.78, 5) is 1.97. The molecule has 1 heterocycles. The van der Waals surface area contributed by atoms with E-state index in [4.69, 9.17) is 14.0 Å². The van der Waals surface area contributed by atoms with Crippen LogP contribution < -0.4 is 9.47 Å². The zero-order valence-corrected chi connectivity index (χ0v) is 13.4. The van der Waals surface area contributed by atoms with Crippen molar-refractivity contribution < 1.29 is 19.1 Å². The molecule has 0 spiro atoms. The van der Waals surface area contributed by atoms with Gasteiger partial charge in [0.1, 0.15) is 17.3 Å². The van der Waals surface area contributed by atoms with Gasteiger partial charge in [-0.15, -0.1) is 0 Å². The maximum atomic E-state index is 10.5. The summed E-state index contributed by atoms with van der Waals surface area (Å²) in [5.41, 5.74) is 1.54. The lowest BCUT2D eigenvalue weighted by atomic mass is 10.1. The Kier molecular flexibility index (Phi) is 5.41. The number of likely N-dealkylation sites (N-methyl/N-ethyl adjacent to an activating group) is 1. The second kappa shape index (κ2) is 7.29. The van der Waals surface area contributed by atoms with Gasteiger partial charge in [-0.1, -0.05) is 5.16 Å². The number of aliphatic hydroxyl groups excluding tert-OH is 1. The van der Waals surface area contributed by atoms with Gasteiger partial charge in [0.15, 0.2) is 0 Å². The predicted molar refractivity (Wildman–Crippen MR) is 82.1 cm³/mol. The van der Waals surface area contributed by atoms with Crippen molar-refractivity contribution in [3.05, 3.63) is 41.3 Å². The summed E-state index contributed by atoms with van der Waals surface area (Å²) in [5.74, 6) is 2.10. The van der Waals surface area contributed by atoms with Crippen LogP contribution in [0, 0.1) is 6.92 Å². The Morgan fingerprint density at radius 3 is 2.64 bits per heavy atom. The minimum atomic E-state index is -0.692. The lowest BCUT2D eigenvalue weighted by Gasteiger charge is -2.21. The number of aromatic nitrogens is 1. The molecule has 2 rings (SSSR count). The number of methoxy groups -OCH3 is 2. The summed E-state index contributed by atoms with van der Waals surface area (Å²) in [6, 6.07) is 7.27. The highest BCUT2D eigenvalue weighted by molar-refractivity contribution is 5.41. The monoisotopic (exact) mass is 306 g/mol. The molecule has 0 fully saturated rings. The summed E-state index contributed by atoms with van der Waals surface area (Å²) in [6.45, 7) is 2.89. The fourth-order valence-corrected chi connectivity index (χ4v) is 2.33. The van der Waals surface area contributed by atoms with Gasteiger partial charge < -0.3 is 19.1 Å². The second-order valence-electron chi connectivity index (χ2n) is 5.25. The van der Waals surface area contributed by atoms with Crippen LogP contribution >= 0.6 is 0 Å². The van der Waals surface area contributed by atoms with Gasteiger partial charge in [0.2, 0.25) is 0 Å². The van der Waals surface area contributed by atoms with Gasteiger partial charge in [-0.2, -0.15) is 0 Å². The molecule has 0 amide bonds. The minimum Gasteiger partial charge on any atom is -0.497 e. The maximum absolute atomic E-state index is 10.5. The van der Waals surface area contributed by atoms with Crippen LogP contribution in [0.25, 0.3) is 0 Å². The molecule has 1 aromatic heterocycles. The van der Waals surface area contributed by atoms with Crippen LogP contribution in [0.3, 0.4) is 0 Å². The fraction of sp³-hybridized carbons (Fsp3) is 0.438. The van der Waals surface area contributed by atoms with E-state index in [1.165, 1.54) is 0 Å². The standard InChI is InChI=1S/C16H22N2O4/c1-11-7-12(17-22-11)9-18(2)10-15(19)14-8-13(20-3)5-6-16(14)21-4/h5-8,15,19H,9-10H2,1-4H3. The molecule has 22 heavy (non-hydrogen) atoms. The number of hydrogen-bond donors (Lipinski definition) is 1. The molecule has 0 aliphatic rings. The van der Waals surface area contributed by atoms with E-state index in [0.717, 1.165) is 11.5 Å². The molecule has 0 aliphatic carbocycles. The Bertz CT molecular complexity index is 612. The zero-order valence-electron chi connectivity index (χ0n) is 13.4. The van der Waals surface area contributed by atoms with E-state index in [-0.39, 0.29) is 0 Å². The highest BCUT2D eigenvalue weighted by Crippen LogP contribution is 2.29. The van der Waals surface area contributed by atoms with Gasteiger partial charge in [-0.3, -0.25) is 4.90 Å². The van der Waals surface area contributed by atoms with Gasteiger partial charge in [0, 0.05) is 24.7 Å². The van der Waals surface area contributed by atoms with Crippen molar-refractivity contribution in [3.8, 4) is 11.5 Å². The Morgan fingerprint density at radius 2 is 2.05 bits per heavy atom. The van der Waals surface area contributed by atoms with E-state index < -0.39 is 6.10 Å². The third kappa shape index (κ3) is 3.99. The Balaban J connectivity index is 2.05. The summed E-state index contributed by atoms with van der Waals surface area (Å²) in [5, 5.41) is 14.4. The summed E-state index contributed by atoms with van der Waals surface area (Å²) >= 11 is 0. The first-order chi connectivity index (χ1) is 10.5. The molecule has 1 N–H and O–H groups in total. The first-order valence-corrected chi connectivity index (χ1v) is 7.04. The number of hydrogen-bond acceptors (Lipinski definition) is 6. The van der Waals surface area contributed by atoms with E-state index in [1.54, 1.807) is 32.4 Å². The molecule has 1 unspecified atom stereocenters. The highest BCUT2D eigenvalue weighted by atomic mass is 16.5. The Labute approximate surface area is 130 Å². The quantitative estimate of drug-likeness (QED) is 0.845. The van der Waals surface area contributed by atoms with Crippen molar-refractivity contribution in [2.75, 3.05) is 27.8 Å². The molecule has 0 saturated carbocycles. The molecule has 6 nitrogen and oxygen atoms in total. The second-order valence-corrected chi connectivity index (χ2v) is 5.25. The number of rotatable bonds is 7. The average molecular weight is 306 g/mol. The van der Waals surface area contributed by atoms with E-state index in [0.29, 0.717) is 30.2 Å². The molecule has 0 aliphatic heterocycles. The van der Waals surface area contributed by atoms with E-state index in [9.17, 15) is 5.11 Å². The van der Waals surface area contributed by atoms with Crippen LogP contribution in [0.15, 0.2) is 28.8 Å². The van der Waals surface area contributed by atoms with Crippen LogP contribution in [-0.2, 0) is 6.54 Å². The molecule has 0 radical (unpaired) electrons. The average Bonchev–Trinajstić information content (AvgIpc) is 2.91. The molecular weight excluding hydrogens is 284 g/mol. The van der Waals surface area contributed by atoms with E-state index in [1.807, 2.05) is 24.9 Å². The van der Waals surface area contributed by atoms with E-state index >= 15 is 0 Å². The van der Waals surface area contributed by atoms with Crippen LogP contribution in [-0.4, -0.2) is 43.0 Å². The highest BCUT2D eigenvalue weighted by Gasteiger charge is 2.17.